The summed E-state index contributed by atoms with van der Waals surface area (Å²) >= 11 is 0. The van der Waals surface area contributed by atoms with Crippen LogP contribution >= 0.6 is 0 Å². The van der Waals surface area contributed by atoms with E-state index in [1.54, 1.807) is 30.3 Å². The molecule has 0 aliphatic carbocycles. The molecule has 0 unspecified atom stereocenters. The molecule has 3 aromatic rings. The quantitative estimate of drug-likeness (QED) is 0.682. The number of hydrogen-bond acceptors (Lipinski definition) is 3. The molecule has 1 amide bonds. The number of rotatable bonds is 6. The Balaban J connectivity index is 2.04. The van der Waals surface area contributed by atoms with Gasteiger partial charge in [0.05, 0.1) is 0 Å². The number of amides is 1. The van der Waals surface area contributed by atoms with Crippen LogP contribution < -0.4 is 10.5 Å². The zero-order chi connectivity index (χ0) is 18.5. The molecule has 3 rings (SSSR count). The molecule has 0 aliphatic heterocycles. The van der Waals surface area contributed by atoms with E-state index < -0.39 is 5.91 Å². The molecule has 0 saturated carbocycles. The number of primary amides is 1. The second-order valence-electron chi connectivity index (χ2n) is 6.04. The number of aldehydes is 1. The van der Waals surface area contributed by atoms with Gasteiger partial charge in [-0.05, 0) is 47.9 Å². The Morgan fingerprint density at radius 1 is 1.00 bits per heavy atom. The van der Waals surface area contributed by atoms with Crippen molar-refractivity contribution in [2.75, 3.05) is 0 Å². The number of carbonyl (C=O) groups excluding carboxylic acids is 2. The van der Waals surface area contributed by atoms with Crippen molar-refractivity contribution in [2.24, 2.45) is 5.73 Å². The van der Waals surface area contributed by atoms with Crippen molar-refractivity contribution < 1.29 is 14.3 Å². The summed E-state index contributed by atoms with van der Waals surface area (Å²) in [5.41, 5.74) is 9.97. The first-order valence-corrected chi connectivity index (χ1v) is 8.25. The van der Waals surface area contributed by atoms with Gasteiger partial charge in [-0.15, -0.1) is 0 Å². The molecule has 0 fully saturated rings. The van der Waals surface area contributed by atoms with E-state index in [9.17, 15) is 9.59 Å². The average Bonchev–Trinajstić information content (AvgIpc) is 2.67. The zero-order valence-electron chi connectivity index (χ0n) is 14.4. The molecule has 0 aromatic heterocycles. The first-order valence-electron chi connectivity index (χ1n) is 8.25. The Morgan fingerprint density at radius 3 is 2.46 bits per heavy atom. The van der Waals surface area contributed by atoms with Crippen LogP contribution in [0.2, 0.25) is 0 Å². The van der Waals surface area contributed by atoms with E-state index in [1.165, 1.54) is 0 Å². The minimum atomic E-state index is -0.509. The van der Waals surface area contributed by atoms with Crippen LogP contribution in [0.25, 0.3) is 11.1 Å². The van der Waals surface area contributed by atoms with Crippen LogP contribution in [0.15, 0.2) is 66.7 Å². The van der Waals surface area contributed by atoms with Crippen LogP contribution in [0.4, 0.5) is 0 Å². The van der Waals surface area contributed by atoms with E-state index in [-0.39, 0.29) is 0 Å². The summed E-state index contributed by atoms with van der Waals surface area (Å²) in [7, 11) is 0. The SMILES string of the molecule is Cc1ccc(C=O)cc1-c1cc(C(N)=O)ccc1OCc1ccccc1. The van der Waals surface area contributed by atoms with Crippen LogP contribution in [0, 0.1) is 6.92 Å². The fourth-order valence-corrected chi connectivity index (χ4v) is 2.76. The number of aryl methyl sites for hydroxylation is 1. The van der Waals surface area contributed by atoms with Crippen molar-refractivity contribution in [3.05, 3.63) is 89.0 Å². The third-order valence-electron chi connectivity index (χ3n) is 4.19. The Bertz CT molecular complexity index is 949. The van der Waals surface area contributed by atoms with Crippen molar-refractivity contribution in [3.8, 4) is 16.9 Å². The summed E-state index contributed by atoms with van der Waals surface area (Å²) in [5.74, 6) is 0.120. The standard InChI is InChI=1S/C22H19NO3/c1-15-7-8-17(13-24)11-19(15)20-12-18(22(23)25)9-10-21(20)26-14-16-5-3-2-4-6-16/h2-13H,14H2,1H3,(H2,23,25). The highest BCUT2D eigenvalue weighted by Crippen LogP contribution is 2.34. The highest BCUT2D eigenvalue weighted by atomic mass is 16.5. The van der Waals surface area contributed by atoms with Crippen molar-refractivity contribution in [3.63, 3.8) is 0 Å². The lowest BCUT2D eigenvalue weighted by atomic mass is 9.96. The van der Waals surface area contributed by atoms with Gasteiger partial charge in [-0.3, -0.25) is 9.59 Å². The minimum absolute atomic E-state index is 0.392. The molecule has 0 saturated heterocycles. The van der Waals surface area contributed by atoms with E-state index in [1.807, 2.05) is 43.3 Å². The predicted octanol–water partition coefficient (Wildman–Crippen LogP) is 4.15. The summed E-state index contributed by atoms with van der Waals surface area (Å²) < 4.78 is 6.00. The fourth-order valence-electron chi connectivity index (χ4n) is 2.76. The maximum Gasteiger partial charge on any atom is 0.248 e. The monoisotopic (exact) mass is 345 g/mol. The topological polar surface area (TPSA) is 69.4 Å². The molecule has 4 nitrogen and oxygen atoms in total. The molecule has 0 aliphatic rings. The van der Waals surface area contributed by atoms with Gasteiger partial charge in [-0.2, -0.15) is 0 Å². The lowest BCUT2D eigenvalue weighted by Gasteiger charge is -2.15. The molecule has 0 spiro atoms. The third-order valence-corrected chi connectivity index (χ3v) is 4.19. The van der Waals surface area contributed by atoms with E-state index in [4.69, 9.17) is 10.5 Å². The van der Waals surface area contributed by atoms with E-state index in [0.717, 1.165) is 28.5 Å². The lowest BCUT2D eigenvalue weighted by Crippen LogP contribution is -2.11. The van der Waals surface area contributed by atoms with Crippen LogP contribution in [-0.2, 0) is 6.61 Å². The number of ether oxygens (including phenoxy) is 1. The van der Waals surface area contributed by atoms with Gasteiger partial charge in [0.25, 0.3) is 0 Å². The smallest absolute Gasteiger partial charge is 0.248 e. The van der Waals surface area contributed by atoms with Crippen molar-refractivity contribution >= 4 is 12.2 Å². The average molecular weight is 345 g/mol. The van der Waals surface area contributed by atoms with Gasteiger partial charge >= 0.3 is 0 Å². The molecule has 0 heterocycles. The summed E-state index contributed by atoms with van der Waals surface area (Å²) in [6.07, 6.45) is 0.797. The summed E-state index contributed by atoms with van der Waals surface area (Å²) in [6.45, 7) is 2.35. The van der Waals surface area contributed by atoms with Crippen LogP contribution in [-0.4, -0.2) is 12.2 Å². The predicted molar refractivity (Wildman–Crippen MR) is 101 cm³/mol. The van der Waals surface area contributed by atoms with Crippen LogP contribution in [0.3, 0.4) is 0 Å². The first kappa shape index (κ1) is 17.4. The van der Waals surface area contributed by atoms with Gasteiger partial charge in [0.2, 0.25) is 5.91 Å². The molecule has 4 heteroatoms. The Labute approximate surface area is 152 Å². The zero-order valence-corrected chi connectivity index (χ0v) is 14.4. The van der Waals surface area contributed by atoms with Crippen LogP contribution in [0.1, 0.15) is 31.8 Å². The maximum atomic E-state index is 11.6. The van der Waals surface area contributed by atoms with Gasteiger partial charge < -0.3 is 10.5 Å². The first-order chi connectivity index (χ1) is 12.6. The van der Waals surface area contributed by atoms with Crippen molar-refractivity contribution in [1.29, 1.82) is 0 Å². The molecule has 0 bridgehead atoms. The number of carbonyl (C=O) groups is 2. The van der Waals surface area contributed by atoms with E-state index >= 15 is 0 Å². The summed E-state index contributed by atoms with van der Waals surface area (Å²) in [5, 5.41) is 0. The number of hydrogen-bond donors (Lipinski definition) is 1. The highest BCUT2D eigenvalue weighted by molar-refractivity contribution is 5.95. The molecular weight excluding hydrogens is 326 g/mol. The summed E-state index contributed by atoms with van der Waals surface area (Å²) in [4.78, 5) is 22.8. The minimum Gasteiger partial charge on any atom is -0.488 e. The second-order valence-corrected chi connectivity index (χ2v) is 6.04. The highest BCUT2D eigenvalue weighted by Gasteiger charge is 2.13. The maximum absolute atomic E-state index is 11.6. The Hall–Kier alpha value is -3.40. The van der Waals surface area contributed by atoms with Crippen molar-refractivity contribution in [2.45, 2.75) is 13.5 Å². The van der Waals surface area contributed by atoms with Gasteiger partial charge in [-0.25, -0.2) is 0 Å². The Morgan fingerprint density at radius 2 is 1.77 bits per heavy atom. The van der Waals surface area contributed by atoms with Crippen LogP contribution in [0.5, 0.6) is 5.75 Å². The third kappa shape index (κ3) is 3.81. The Kier molecular flexibility index (Phi) is 5.13. The molecular formula is C22H19NO3. The van der Waals surface area contributed by atoms with E-state index in [2.05, 4.69) is 0 Å². The van der Waals surface area contributed by atoms with Gasteiger partial charge in [0.15, 0.2) is 0 Å². The van der Waals surface area contributed by atoms with Gasteiger partial charge in [0, 0.05) is 16.7 Å². The normalized spacial score (nSPS) is 10.3. The lowest BCUT2D eigenvalue weighted by molar-refractivity contribution is 0.0999. The molecule has 3 aromatic carbocycles. The van der Waals surface area contributed by atoms with E-state index in [0.29, 0.717) is 23.5 Å². The number of benzene rings is 3. The largest absolute Gasteiger partial charge is 0.488 e. The summed E-state index contributed by atoms with van der Waals surface area (Å²) in [6, 6.07) is 20.3. The molecule has 0 radical (unpaired) electrons. The number of nitrogens with two attached hydrogens (primary N) is 1. The second kappa shape index (κ2) is 7.66. The molecule has 26 heavy (non-hydrogen) atoms. The molecule has 2 N–H and O–H groups in total. The van der Waals surface area contributed by atoms with Crippen molar-refractivity contribution in [1.82, 2.24) is 0 Å². The molecule has 0 atom stereocenters. The van der Waals surface area contributed by atoms with Gasteiger partial charge in [-0.1, -0.05) is 42.5 Å². The van der Waals surface area contributed by atoms with Gasteiger partial charge in [0.1, 0.15) is 18.6 Å². The molecule has 130 valence electrons. The fraction of sp³-hybridized carbons (Fsp3) is 0.0909.